The van der Waals surface area contributed by atoms with Crippen molar-refractivity contribution < 1.29 is 14.6 Å². The molecule has 1 saturated heterocycles. The largest absolute Gasteiger partial charge is 0.390 e. The topological polar surface area (TPSA) is 38.7 Å². The fraction of sp³-hybridized carbons (Fsp3) is 0.818. The zero-order valence-electron chi connectivity index (χ0n) is 9.19. The highest BCUT2D eigenvalue weighted by atomic mass is 16.8. The molecule has 1 fully saturated rings. The zero-order valence-corrected chi connectivity index (χ0v) is 9.19. The van der Waals surface area contributed by atoms with Crippen LogP contribution < -0.4 is 0 Å². The first-order chi connectivity index (χ1) is 6.50. The highest BCUT2D eigenvalue weighted by molar-refractivity contribution is 4.96. The first-order valence-electron chi connectivity index (χ1n) is 5.16. The van der Waals surface area contributed by atoms with E-state index in [1.165, 1.54) is 0 Å². The van der Waals surface area contributed by atoms with Gasteiger partial charge in [0.1, 0.15) is 12.2 Å². The Labute approximate surface area is 85.7 Å². The van der Waals surface area contributed by atoms with E-state index in [0.29, 0.717) is 0 Å². The first-order valence-corrected chi connectivity index (χ1v) is 5.16. The molecular formula is C11H20O3. The molecule has 0 aromatic heterocycles. The lowest BCUT2D eigenvalue weighted by Gasteiger charge is -2.20. The molecule has 14 heavy (non-hydrogen) atoms. The van der Waals surface area contributed by atoms with Crippen LogP contribution in [0.15, 0.2) is 12.7 Å². The first kappa shape index (κ1) is 11.7. The van der Waals surface area contributed by atoms with Crippen LogP contribution in [0.2, 0.25) is 0 Å². The Bertz CT molecular complexity index is 201. The number of aliphatic hydroxyl groups excluding tert-OH is 1. The quantitative estimate of drug-likeness (QED) is 0.704. The molecule has 1 N–H and O–H groups in total. The van der Waals surface area contributed by atoms with Gasteiger partial charge in [-0.2, -0.15) is 0 Å². The molecule has 0 radical (unpaired) electrons. The van der Waals surface area contributed by atoms with Crippen molar-refractivity contribution in [2.24, 2.45) is 0 Å². The molecule has 1 aliphatic rings. The van der Waals surface area contributed by atoms with Crippen molar-refractivity contribution in [2.75, 3.05) is 0 Å². The molecule has 0 saturated carbocycles. The van der Waals surface area contributed by atoms with E-state index in [9.17, 15) is 5.11 Å². The van der Waals surface area contributed by atoms with Crippen LogP contribution >= 0.6 is 0 Å². The van der Waals surface area contributed by atoms with Crippen LogP contribution in [0.5, 0.6) is 0 Å². The molecule has 3 heteroatoms. The number of rotatable bonds is 4. The van der Waals surface area contributed by atoms with E-state index in [0.717, 1.165) is 12.8 Å². The summed E-state index contributed by atoms with van der Waals surface area (Å²) in [5.74, 6) is -0.613. The van der Waals surface area contributed by atoms with E-state index in [1.54, 1.807) is 6.08 Å². The van der Waals surface area contributed by atoms with Crippen LogP contribution in [0, 0.1) is 0 Å². The minimum absolute atomic E-state index is 0.202. The maximum absolute atomic E-state index is 9.83. The lowest BCUT2D eigenvalue weighted by atomic mass is 10.0. The summed E-state index contributed by atoms with van der Waals surface area (Å²) in [6.45, 7) is 9.42. The van der Waals surface area contributed by atoms with E-state index in [4.69, 9.17) is 9.47 Å². The van der Waals surface area contributed by atoms with Gasteiger partial charge in [-0.1, -0.05) is 19.4 Å². The van der Waals surface area contributed by atoms with Crippen molar-refractivity contribution in [3.63, 3.8) is 0 Å². The van der Waals surface area contributed by atoms with Crippen LogP contribution in [0.3, 0.4) is 0 Å². The van der Waals surface area contributed by atoms with E-state index >= 15 is 0 Å². The van der Waals surface area contributed by atoms with E-state index < -0.39 is 11.9 Å². The molecule has 82 valence electrons. The summed E-state index contributed by atoms with van der Waals surface area (Å²) >= 11 is 0. The third kappa shape index (κ3) is 2.56. The van der Waals surface area contributed by atoms with Gasteiger partial charge in [-0.05, 0) is 20.3 Å². The predicted molar refractivity (Wildman–Crippen MR) is 54.9 cm³/mol. The standard InChI is InChI=1S/C11H20O3/c1-5-7-8(12)10-9(6-2)13-11(3,4)14-10/h6,8-10,12H,2,5,7H2,1,3-4H3/t8-,9+,10-/m1/s1. The number of ether oxygens (including phenoxy) is 2. The van der Waals surface area contributed by atoms with Gasteiger partial charge >= 0.3 is 0 Å². The van der Waals surface area contributed by atoms with Gasteiger partial charge in [-0.15, -0.1) is 6.58 Å². The van der Waals surface area contributed by atoms with E-state index in [1.807, 2.05) is 20.8 Å². The molecule has 3 nitrogen and oxygen atoms in total. The molecular weight excluding hydrogens is 180 g/mol. The highest BCUT2D eigenvalue weighted by Crippen LogP contribution is 2.31. The van der Waals surface area contributed by atoms with E-state index in [2.05, 4.69) is 6.58 Å². The van der Waals surface area contributed by atoms with Gasteiger partial charge in [-0.3, -0.25) is 0 Å². The summed E-state index contributed by atoms with van der Waals surface area (Å²) in [6.07, 6.45) is 2.41. The number of hydrogen-bond donors (Lipinski definition) is 1. The fourth-order valence-electron chi connectivity index (χ4n) is 1.76. The monoisotopic (exact) mass is 200 g/mol. The van der Waals surface area contributed by atoms with Crippen molar-refractivity contribution in [3.8, 4) is 0 Å². The third-order valence-corrected chi connectivity index (χ3v) is 2.36. The molecule has 0 spiro atoms. The van der Waals surface area contributed by atoms with E-state index in [-0.39, 0.29) is 12.2 Å². The Morgan fingerprint density at radius 1 is 1.50 bits per heavy atom. The summed E-state index contributed by atoms with van der Waals surface area (Å²) in [4.78, 5) is 0. The van der Waals surface area contributed by atoms with Crippen molar-refractivity contribution in [1.82, 2.24) is 0 Å². The average Bonchev–Trinajstić information content (AvgIpc) is 2.41. The maximum atomic E-state index is 9.83. The van der Waals surface area contributed by atoms with Gasteiger partial charge in [0.25, 0.3) is 0 Å². The third-order valence-electron chi connectivity index (χ3n) is 2.36. The minimum atomic E-state index is -0.613. The molecule has 0 aromatic rings. The smallest absolute Gasteiger partial charge is 0.164 e. The second-order valence-electron chi connectivity index (χ2n) is 4.16. The van der Waals surface area contributed by atoms with Crippen LogP contribution in [0.25, 0.3) is 0 Å². The van der Waals surface area contributed by atoms with Gasteiger partial charge < -0.3 is 14.6 Å². The van der Waals surface area contributed by atoms with Crippen LogP contribution in [0.4, 0.5) is 0 Å². The normalized spacial score (nSPS) is 32.9. The van der Waals surface area contributed by atoms with Crippen LogP contribution in [-0.4, -0.2) is 29.2 Å². The Morgan fingerprint density at radius 3 is 2.64 bits per heavy atom. The zero-order chi connectivity index (χ0) is 10.8. The predicted octanol–water partition coefficient (Wildman–Crippen LogP) is 1.85. The Hall–Kier alpha value is -0.380. The molecule has 1 heterocycles. The van der Waals surface area contributed by atoms with Crippen molar-refractivity contribution in [3.05, 3.63) is 12.7 Å². The summed E-state index contributed by atoms with van der Waals surface area (Å²) < 4.78 is 11.2. The summed E-state index contributed by atoms with van der Waals surface area (Å²) in [7, 11) is 0. The SMILES string of the molecule is C=C[C@@H]1OC(C)(C)O[C@@H]1[C@H](O)CCC. The molecule has 0 aromatic carbocycles. The highest BCUT2D eigenvalue weighted by Gasteiger charge is 2.42. The molecule has 0 bridgehead atoms. The van der Waals surface area contributed by atoms with Crippen molar-refractivity contribution in [2.45, 2.75) is 57.7 Å². The molecule has 3 atom stereocenters. The van der Waals surface area contributed by atoms with Crippen LogP contribution in [0.1, 0.15) is 33.6 Å². The van der Waals surface area contributed by atoms with Gasteiger partial charge in [0.2, 0.25) is 0 Å². The van der Waals surface area contributed by atoms with Crippen LogP contribution in [-0.2, 0) is 9.47 Å². The summed E-state index contributed by atoms with van der Waals surface area (Å²) in [6, 6.07) is 0. The number of hydrogen-bond acceptors (Lipinski definition) is 3. The Morgan fingerprint density at radius 2 is 2.14 bits per heavy atom. The molecule has 0 amide bonds. The van der Waals surface area contributed by atoms with Gasteiger partial charge in [-0.25, -0.2) is 0 Å². The lowest BCUT2D eigenvalue weighted by molar-refractivity contribution is -0.153. The minimum Gasteiger partial charge on any atom is -0.390 e. The summed E-state index contributed by atoms with van der Waals surface area (Å²) in [5.41, 5.74) is 0. The number of aliphatic hydroxyl groups is 1. The van der Waals surface area contributed by atoms with Crippen molar-refractivity contribution >= 4 is 0 Å². The molecule has 0 unspecified atom stereocenters. The van der Waals surface area contributed by atoms with Gasteiger partial charge in [0, 0.05) is 0 Å². The summed E-state index contributed by atoms with van der Waals surface area (Å²) in [5, 5.41) is 9.83. The fourth-order valence-corrected chi connectivity index (χ4v) is 1.76. The Balaban J connectivity index is 2.63. The second kappa shape index (κ2) is 4.43. The average molecular weight is 200 g/mol. The lowest BCUT2D eigenvalue weighted by Crippen LogP contribution is -2.34. The van der Waals surface area contributed by atoms with Gasteiger partial charge in [0.05, 0.1) is 6.10 Å². The molecule has 1 aliphatic heterocycles. The molecule has 1 rings (SSSR count). The Kier molecular flexibility index (Phi) is 3.70. The van der Waals surface area contributed by atoms with Gasteiger partial charge in [0.15, 0.2) is 5.79 Å². The second-order valence-corrected chi connectivity index (χ2v) is 4.16. The van der Waals surface area contributed by atoms with Crippen molar-refractivity contribution in [1.29, 1.82) is 0 Å². The molecule has 0 aliphatic carbocycles. The maximum Gasteiger partial charge on any atom is 0.164 e.